The first-order chi connectivity index (χ1) is 9.90. The zero-order chi connectivity index (χ0) is 15.5. The molecule has 2 rings (SSSR count). The number of halogens is 3. The number of hydrogen-bond donors (Lipinski definition) is 1. The Morgan fingerprint density at radius 3 is 2.43 bits per heavy atom. The van der Waals surface area contributed by atoms with Crippen molar-refractivity contribution in [2.75, 3.05) is 7.05 Å². The van der Waals surface area contributed by atoms with Gasteiger partial charge in [0.05, 0.1) is 5.92 Å². The molecule has 0 aliphatic heterocycles. The summed E-state index contributed by atoms with van der Waals surface area (Å²) in [5, 5.41) is 3.24. The molecule has 3 atom stereocenters. The maximum Gasteiger partial charge on any atom is 0.391 e. The van der Waals surface area contributed by atoms with Crippen molar-refractivity contribution in [2.45, 2.75) is 51.2 Å². The van der Waals surface area contributed by atoms with E-state index >= 15 is 0 Å². The molecule has 0 heterocycles. The maximum absolute atomic E-state index is 12.9. The molecule has 1 N–H and O–H groups in total. The summed E-state index contributed by atoms with van der Waals surface area (Å²) in [4.78, 5) is 0. The van der Waals surface area contributed by atoms with Gasteiger partial charge in [0.1, 0.15) is 0 Å². The van der Waals surface area contributed by atoms with E-state index in [1.165, 1.54) is 11.1 Å². The summed E-state index contributed by atoms with van der Waals surface area (Å²) in [6.07, 6.45) is -1.11. The highest BCUT2D eigenvalue weighted by molar-refractivity contribution is 5.22. The van der Waals surface area contributed by atoms with Crippen molar-refractivity contribution in [3.8, 4) is 0 Å². The van der Waals surface area contributed by atoms with Crippen LogP contribution in [0.1, 0.15) is 36.8 Å². The summed E-state index contributed by atoms with van der Waals surface area (Å²) in [6.45, 7) is 2.04. The number of aryl methyl sites for hydroxylation is 1. The predicted octanol–water partition coefficient (Wildman–Crippen LogP) is 4.49. The monoisotopic (exact) mass is 299 g/mol. The topological polar surface area (TPSA) is 12.0 Å². The van der Waals surface area contributed by atoms with Gasteiger partial charge in [-0.3, -0.25) is 0 Å². The van der Waals surface area contributed by atoms with Crippen molar-refractivity contribution in [3.05, 3.63) is 35.4 Å². The fraction of sp³-hybridized carbons (Fsp3) is 0.647. The van der Waals surface area contributed by atoms with E-state index in [0.717, 1.165) is 12.8 Å². The van der Waals surface area contributed by atoms with Gasteiger partial charge in [-0.1, -0.05) is 36.2 Å². The Hall–Kier alpha value is -1.03. The van der Waals surface area contributed by atoms with Gasteiger partial charge in [-0.2, -0.15) is 13.2 Å². The lowest BCUT2D eigenvalue weighted by Gasteiger charge is -2.35. The molecule has 1 aromatic rings. The van der Waals surface area contributed by atoms with Crippen LogP contribution < -0.4 is 5.32 Å². The van der Waals surface area contributed by atoms with Gasteiger partial charge in [0.2, 0.25) is 0 Å². The molecule has 0 saturated heterocycles. The molecule has 0 amide bonds. The molecule has 21 heavy (non-hydrogen) atoms. The summed E-state index contributed by atoms with van der Waals surface area (Å²) in [6, 6.07) is 8.38. The maximum atomic E-state index is 12.9. The molecule has 0 spiro atoms. The van der Waals surface area contributed by atoms with Crippen molar-refractivity contribution in [1.29, 1.82) is 0 Å². The van der Waals surface area contributed by atoms with Gasteiger partial charge >= 0.3 is 6.18 Å². The highest BCUT2D eigenvalue weighted by Gasteiger charge is 2.43. The first-order valence-corrected chi connectivity index (χ1v) is 7.69. The minimum absolute atomic E-state index is 0.108. The molecule has 1 nitrogen and oxygen atoms in total. The Labute approximate surface area is 124 Å². The summed E-state index contributed by atoms with van der Waals surface area (Å²) in [5.41, 5.74) is 2.39. The van der Waals surface area contributed by atoms with Crippen LogP contribution in [-0.2, 0) is 6.42 Å². The molecule has 118 valence electrons. The van der Waals surface area contributed by atoms with Gasteiger partial charge < -0.3 is 5.32 Å². The predicted molar refractivity (Wildman–Crippen MR) is 79.2 cm³/mol. The summed E-state index contributed by atoms with van der Waals surface area (Å²) in [5.74, 6) is -1.01. The number of likely N-dealkylation sites (N-methyl/N-ethyl adjacent to an activating group) is 1. The Balaban J connectivity index is 2.01. The molecule has 1 aliphatic carbocycles. The van der Waals surface area contributed by atoms with Crippen LogP contribution >= 0.6 is 0 Å². The van der Waals surface area contributed by atoms with Crippen LogP contribution in [0.15, 0.2) is 24.3 Å². The van der Waals surface area contributed by atoms with Crippen LogP contribution in [0.3, 0.4) is 0 Å². The van der Waals surface area contributed by atoms with E-state index in [9.17, 15) is 13.2 Å². The van der Waals surface area contributed by atoms with Crippen molar-refractivity contribution in [1.82, 2.24) is 5.32 Å². The summed E-state index contributed by atoms with van der Waals surface area (Å²) in [7, 11) is 1.86. The Kier molecular flexibility index (Phi) is 5.31. The third-order valence-electron chi connectivity index (χ3n) is 4.69. The number of rotatable bonds is 4. The zero-order valence-corrected chi connectivity index (χ0v) is 12.7. The lowest BCUT2D eigenvalue weighted by molar-refractivity contribution is -0.186. The van der Waals surface area contributed by atoms with Crippen LogP contribution in [0, 0.1) is 18.8 Å². The molecule has 0 bridgehead atoms. The lowest BCUT2D eigenvalue weighted by Crippen LogP contribution is -2.40. The Morgan fingerprint density at radius 2 is 1.86 bits per heavy atom. The van der Waals surface area contributed by atoms with E-state index in [2.05, 4.69) is 29.6 Å². The van der Waals surface area contributed by atoms with Gasteiger partial charge in [0.25, 0.3) is 0 Å². The molecule has 3 unspecified atom stereocenters. The molecule has 4 heteroatoms. The summed E-state index contributed by atoms with van der Waals surface area (Å²) >= 11 is 0. The van der Waals surface area contributed by atoms with Crippen LogP contribution in [0.4, 0.5) is 13.2 Å². The van der Waals surface area contributed by atoms with Crippen molar-refractivity contribution in [2.24, 2.45) is 11.8 Å². The molecule has 1 saturated carbocycles. The second kappa shape index (κ2) is 6.82. The number of alkyl halides is 3. The minimum Gasteiger partial charge on any atom is -0.316 e. The molecular weight excluding hydrogens is 275 g/mol. The van der Waals surface area contributed by atoms with Crippen molar-refractivity contribution in [3.63, 3.8) is 0 Å². The van der Waals surface area contributed by atoms with E-state index in [1.807, 2.05) is 14.0 Å². The molecular formula is C17H24F3N. The van der Waals surface area contributed by atoms with E-state index < -0.39 is 12.1 Å². The van der Waals surface area contributed by atoms with E-state index in [4.69, 9.17) is 0 Å². The second-order valence-electron chi connectivity index (χ2n) is 6.25. The van der Waals surface area contributed by atoms with Crippen molar-refractivity contribution < 1.29 is 13.2 Å². The van der Waals surface area contributed by atoms with Crippen LogP contribution in [0.2, 0.25) is 0 Å². The normalized spacial score (nSPS) is 24.8. The fourth-order valence-corrected chi connectivity index (χ4v) is 3.37. The van der Waals surface area contributed by atoms with Crippen molar-refractivity contribution >= 4 is 0 Å². The number of nitrogens with one attached hydrogen (secondary N) is 1. The van der Waals surface area contributed by atoms with Gasteiger partial charge in [-0.05, 0) is 51.1 Å². The first-order valence-electron chi connectivity index (χ1n) is 7.69. The highest BCUT2D eigenvalue weighted by atomic mass is 19.4. The second-order valence-corrected chi connectivity index (χ2v) is 6.25. The third-order valence-corrected chi connectivity index (χ3v) is 4.69. The summed E-state index contributed by atoms with van der Waals surface area (Å²) < 4.78 is 38.8. The molecule has 0 radical (unpaired) electrons. The molecule has 0 aromatic heterocycles. The number of hydrogen-bond acceptors (Lipinski definition) is 1. The van der Waals surface area contributed by atoms with Crippen LogP contribution in [-0.4, -0.2) is 19.3 Å². The largest absolute Gasteiger partial charge is 0.391 e. The quantitative estimate of drug-likeness (QED) is 0.863. The zero-order valence-electron chi connectivity index (χ0n) is 12.7. The molecule has 1 fully saturated rings. The van der Waals surface area contributed by atoms with Gasteiger partial charge in [0.15, 0.2) is 0 Å². The van der Waals surface area contributed by atoms with Crippen LogP contribution in [0.5, 0.6) is 0 Å². The minimum atomic E-state index is -4.04. The standard InChI is InChI=1S/C17H24F3N/c1-12-6-8-13(9-7-12)10-16(21-2)14-4-3-5-15(11-14)17(18,19)20/h6-9,14-16,21H,3-5,10-11H2,1-2H3. The Bertz CT molecular complexity index is 438. The average Bonchev–Trinajstić information content (AvgIpc) is 2.46. The highest BCUT2D eigenvalue weighted by Crippen LogP contribution is 2.41. The van der Waals surface area contributed by atoms with E-state index in [0.29, 0.717) is 12.8 Å². The van der Waals surface area contributed by atoms with Crippen LogP contribution in [0.25, 0.3) is 0 Å². The van der Waals surface area contributed by atoms with E-state index in [-0.39, 0.29) is 18.4 Å². The smallest absolute Gasteiger partial charge is 0.316 e. The first kappa shape index (κ1) is 16.3. The van der Waals surface area contributed by atoms with Gasteiger partial charge in [-0.25, -0.2) is 0 Å². The fourth-order valence-electron chi connectivity index (χ4n) is 3.37. The third kappa shape index (κ3) is 4.47. The average molecular weight is 299 g/mol. The van der Waals surface area contributed by atoms with Gasteiger partial charge in [-0.15, -0.1) is 0 Å². The molecule has 1 aliphatic rings. The Morgan fingerprint density at radius 1 is 1.19 bits per heavy atom. The molecule has 1 aromatic carbocycles. The van der Waals surface area contributed by atoms with E-state index in [1.54, 1.807) is 0 Å². The SMILES string of the molecule is CNC(Cc1ccc(C)cc1)C1CCCC(C(F)(F)F)C1. The number of benzene rings is 1. The van der Waals surface area contributed by atoms with Gasteiger partial charge in [0, 0.05) is 6.04 Å². The lowest BCUT2D eigenvalue weighted by atomic mass is 9.76.